The molecule has 0 spiro atoms. The first kappa shape index (κ1) is 14.1. The highest BCUT2D eigenvalue weighted by Gasteiger charge is 2.32. The van der Waals surface area contributed by atoms with E-state index in [9.17, 15) is 0 Å². The van der Waals surface area contributed by atoms with E-state index in [2.05, 4.69) is 47.7 Å². The molecule has 1 aromatic rings. The number of hydrogen-bond acceptors (Lipinski definition) is 5. The lowest BCUT2D eigenvalue weighted by molar-refractivity contribution is 0.266. The van der Waals surface area contributed by atoms with Gasteiger partial charge in [0.1, 0.15) is 18.0 Å². The molecule has 0 aliphatic carbocycles. The van der Waals surface area contributed by atoms with E-state index in [1.807, 2.05) is 0 Å². The Kier molecular flexibility index (Phi) is 4.24. The molecule has 2 rings (SSSR count). The summed E-state index contributed by atoms with van der Waals surface area (Å²) in [6, 6.07) is 0.575. The molecule has 5 heteroatoms. The Morgan fingerprint density at radius 2 is 2.11 bits per heavy atom. The number of likely N-dealkylation sites (N-methyl/N-ethyl adjacent to an activating group) is 1. The molecule has 106 valence electrons. The molecule has 0 amide bonds. The van der Waals surface area contributed by atoms with Crippen LogP contribution in [0.5, 0.6) is 0 Å². The Balaban J connectivity index is 2.26. The highest BCUT2D eigenvalue weighted by molar-refractivity contribution is 5.57. The molecule has 2 atom stereocenters. The first-order chi connectivity index (χ1) is 9.04. The summed E-state index contributed by atoms with van der Waals surface area (Å²) in [6.07, 6.45) is 3.59. The lowest BCUT2D eigenvalue weighted by Gasteiger charge is -2.23. The van der Waals surface area contributed by atoms with Crippen LogP contribution in [-0.4, -0.2) is 48.1 Å². The minimum absolute atomic E-state index is 0.575. The quantitative estimate of drug-likeness (QED) is 0.890. The summed E-state index contributed by atoms with van der Waals surface area (Å²) < 4.78 is 0. The van der Waals surface area contributed by atoms with Crippen molar-refractivity contribution >= 4 is 11.6 Å². The lowest BCUT2D eigenvalue weighted by Crippen LogP contribution is -2.34. The van der Waals surface area contributed by atoms with Crippen molar-refractivity contribution in [2.45, 2.75) is 32.7 Å². The third-order valence-corrected chi connectivity index (χ3v) is 3.99. The summed E-state index contributed by atoms with van der Waals surface area (Å²) in [5, 5.41) is 0. The van der Waals surface area contributed by atoms with E-state index < -0.39 is 0 Å². The molecule has 1 aromatic heterocycles. The van der Waals surface area contributed by atoms with Crippen molar-refractivity contribution in [2.75, 3.05) is 37.8 Å². The molecule has 0 saturated carbocycles. The monoisotopic (exact) mass is 263 g/mol. The zero-order chi connectivity index (χ0) is 14.0. The van der Waals surface area contributed by atoms with Gasteiger partial charge in [0.15, 0.2) is 0 Å². The third-order valence-electron chi connectivity index (χ3n) is 3.99. The molecule has 1 aliphatic rings. The summed E-state index contributed by atoms with van der Waals surface area (Å²) in [7, 11) is 4.29. The fraction of sp³-hybridized carbons (Fsp3) is 0.714. The van der Waals surface area contributed by atoms with Crippen LogP contribution in [-0.2, 0) is 6.42 Å². The number of anilines is 2. The molecule has 19 heavy (non-hydrogen) atoms. The van der Waals surface area contributed by atoms with Crippen molar-refractivity contribution in [3.05, 3.63) is 11.9 Å². The number of nitrogens with zero attached hydrogens (tertiary/aromatic N) is 4. The summed E-state index contributed by atoms with van der Waals surface area (Å²) >= 11 is 0. The Bertz CT molecular complexity index is 432. The van der Waals surface area contributed by atoms with Gasteiger partial charge in [-0.05, 0) is 26.4 Å². The van der Waals surface area contributed by atoms with Crippen LogP contribution in [0.1, 0.15) is 25.8 Å². The molecule has 5 nitrogen and oxygen atoms in total. The molecular formula is C14H25N5. The second-order valence-electron chi connectivity index (χ2n) is 5.72. The number of nitrogens with two attached hydrogens (primary N) is 1. The molecular weight excluding hydrogens is 238 g/mol. The first-order valence-electron chi connectivity index (χ1n) is 7.05. The largest absolute Gasteiger partial charge is 0.383 e. The van der Waals surface area contributed by atoms with Crippen LogP contribution in [0.15, 0.2) is 6.33 Å². The molecule has 1 saturated heterocycles. The average Bonchev–Trinajstić information content (AvgIpc) is 2.74. The highest BCUT2D eigenvalue weighted by atomic mass is 15.3. The Morgan fingerprint density at radius 1 is 1.37 bits per heavy atom. The van der Waals surface area contributed by atoms with Crippen LogP contribution in [0, 0.1) is 5.92 Å². The van der Waals surface area contributed by atoms with E-state index in [0.29, 0.717) is 17.8 Å². The molecule has 1 fully saturated rings. The Morgan fingerprint density at radius 3 is 2.68 bits per heavy atom. The summed E-state index contributed by atoms with van der Waals surface area (Å²) in [4.78, 5) is 13.3. The van der Waals surface area contributed by atoms with Gasteiger partial charge in [0.25, 0.3) is 0 Å². The number of nitrogen functional groups attached to an aromatic ring is 1. The average molecular weight is 263 g/mol. The predicted molar refractivity (Wildman–Crippen MR) is 79.3 cm³/mol. The third kappa shape index (κ3) is 2.81. The Hall–Kier alpha value is -1.36. The second kappa shape index (κ2) is 5.74. The topological polar surface area (TPSA) is 58.3 Å². The molecule has 0 radical (unpaired) electrons. The van der Waals surface area contributed by atoms with E-state index >= 15 is 0 Å². The SMILES string of the molecule is CCCc1c(N)ncnc1N1CC(C)C(N(C)C)C1. The normalized spacial score (nSPS) is 23.3. The van der Waals surface area contributed by atoms with Crippen LogP contribution in [0.3, 0.4) is 0 Å². The highest BCUT2D eigenvalue weighted by Crippen LogP contribution is 2.29. The Labute approximate surface area is 115 Å². The molecule has 2 N–H and O–H groups in total. The van der Waals surface area contributed by atoms with Gasteiger partial charge in [-0.2, -0.15) is 0 Å². The van der Waals surface area contributed by atoms with Gasteiger partial charge < -0.3 is 15.5 Å². The molecule has 0 aromatic carbocycles. The van der Waals surface area contributed by atoms with Gasteiger partial charge in [0.05, 0.1) is 0 Å². The molecule has 2 unspecified atom stereocenters. The second-order valence-corrected chi connectivity index (χ2v) is 5.72. The van der Waals surface area contributed by atoms with Gasteiger partial charge in [-0.25, -0.2) is 9.97 Å². The van der Waals surface area contributed by atoms with Gasteiger partial charge in [0.2, 0.25) is 0 Å². The van der Waals surface area contributed by atoms with Crippen LogP contribution < -0.4 is 10.6 Å². The maximum atomic E-state index is 6.02. The zero-order valence-corrected chi connectivity index (χ0v) is 12.4. The molecule has 0 bridgehead atoms. The van der Waals surface area contributed by atoms with Crippen molar-refractivity contribution in [2.24, 2.45) is 5.92 Å². The van der Waals surface area contributed by atoms with E-state index in [1.165, 1.54) is 0 Å². The van der Waals surface area contributed by atoms with Crippen molar-refractivity contribution in [3.63, 3.8) is 0 Å². The lowest BCUT2D eigenvalue weighted by atomic mass is 10.1. The predicted octanol–water partition coefficient (Wildman–Crippen LogP) is 1.40. The first-order valence-corrected chi connectivity index (χ1v) is 7.05. The maximum Gasteiger partial charge on any atom is 0.137 e. The fourth-order valence-corrected chi connectivity index (χ4v) is 2.97. The maximum absolute atomic E-state index is 6.02. The number of aromatic nitrogens is 2. The summed E-state index contributed by atoms with van der Waals surface area (Å²) in [5.74, 6) is 2.30. The van der Waals surface area contributed by atoms with Crippen LogP contribution in [0.4, 0.5) is 11.6 Å². The molecule has 2 heterocycles. The van der Waals surface area contributed by atoms with Gasteiger partial charge in [-0.1, -0.05) is 20.3 Å². The fourth-order valence-electron chi connectivity index (χ4n) is 2.97. The van der Waals surface area contributed by atoms with Crippen LogP contribution in [0.2, 0.25) is 0 Å². The standard InChI is InChI=1S/C14H25N5/c1-5-6-11-13(15)16-9-17-14(11)19-7-10(2)12(8-19)18(3)4/h9-10,12H,5-8H2,1-4H3,(H2,15,16,17). The summed E-state index contributed by atoms with van der Waals surface area (Å²) in [6.45, 7) is 6.51. The smallest absolute Gasteiger partial charge is 0.137 e. The minimum Gasteiger partial charge on any atom is -0.383 e. The van der Waals surface area contributed by atoms with E-state index in [4.69, 9.17) is 5.73 Å². The van der Waals surface area contributed by atoms with Gasteiger partial charge >= 0.3 is 0 Å². The zero-order valence-electron chi connectivity index (χ0n) is 12.4. The van der Waals surface area contributed by atoms with Crippen molar-refractivity contribution in [1.29, 1.82) is 0 Å². The van der Waals surface area contributed by atoms with Crippen molar-refractivity contribution < 1.29 is 0 Å². The van der Waals surface area contributed by atoms with E-state index in [-0.39, 0.29) is 0 Å². The van der Waals surface area contributed by atoms with E-state index in [0.717, 1.165) is 37.3 Å². The number of rotatable bonds is 4. The number of hydrogen-bond donors (Lipinski definition) is 1. The van der Waals surface area contributed by atoms with Crippen molar-refractivity contribution in [3.8, 4) is 0 Å². The van der Waals surface area contributed by atoms with Crippen LogP contribution in [0.25, 0.3) is 0 Å². The summed E-state index contributed by atoms with van der Waals surface area (Å²) in [5.41, 5.74) is 7.12. The van der Waals surface area contributed by atoms with Gasteiger partial charge in [0, 0.05) is 24.7 Å². The van der Waals surface area contributed by atoms with Gasteiger partial charge in [-0.15, -0.1) is 0 Å². The van der Waals surface area contributed by atoms with Crippen molar-refractivity contribution in [1.82, 2.24) is 14.9 Å². The minimum atomic E-state index is 0.575. The van der Waals surface area contributed by atoms with E-state index in [1.54, 1.807) is 6.33 Å². The molecule has 1 aliphatic heterocycles. The van der Waals surface area contributed by atoms with Gasteiger partial charge in [-0.3, -0.25) is 0 Å². The van der Waals surface area contributed by atoms with Crippen LogP contribution >= 0.6 is 0 Å².